The average molecular weight is 414 g/mol. The first-order valence-corrected chi connectivity index (χ1v) is 9.93. The number of aliphatic imine (C=N–C) groups is 1. The van der Waals surface area contributed by atoms with E-state index in [1.165, 1.54) is 0 Å². The monoisotopic (exact) mass is 413 g/mol. The van der Waals surface area contributed by atoms with Gasteiger partial charge in [-0.15, -0.1) is 0 Å². The Labute approximate surface area is 175 Å². The van der Waals surface area contributed by atoms with Crippen LogP contribution in [0.15, 0.2) is 46.9 Å². The van der Waals surface area contributed by atoms with Crippen molar-refractivity contribution in [1.82, 2.24) is 4.98 Å². The van der Waals surface area contributed by atoms with Crippen LogP contribution in [-0.2, 0) is 0 Å². The van der Waals surface area contributed by atoms with Crippen molar-refractivity contribution < 1.29 is 9.18 Å². The number of carbonyl (C=O) groups is 1. The summed E-state index contributed by atoms with van der Waals surface area (Å²) in [5, 5.41) is 6.13. The fourth-order valence-corrected chi connectivity index (χ4v) is 3.54. The minimum absolute atomic E-state index is 0.0175. The number of hydrogen-bond acceptors (Lipinski definition) is 7. The molecule has 0 fully saturated rings. The van der Waals surface area contributed by atoms with Gasteiger partial charge < -0.3 is 27.8 Å². The van der Waals surface area contributed by atoms with E-state index in [0.29, 0.717) is 30.3 Å². The van der Waals surface area contributed by atoms with Gasteiger partial charge >= 0.3 is 0 Å². The third kappa shape index (κ3) is 4.85. The summed E-state index contributed by atoms with van der Waals surface area (Å²) in [5.74, 6) is -0.865. The normalized spacial score (nSPS) is 18.8. The number of nitrogens with two attached hydrogens (primary N) is 3. The Balaban J connectivity index is 1.89. The lowest BCUT2D eigenvalue weighted by Crippen LogP contribution is -2.31. The number of nitrogens with zero attached hydrogens (tertiary/aromatic N) is 2. The molecule has 0 aromatic carbocycles. The SMILES string of the molecule is CC(C)C[C@H](CN)Nc1nc(NC2=CN=C3C(N)=CC=CC3C2)c(C(N)=O)cc1F. The maximum Gasteiger partial charge on any atom is 0.252 e. The third-order valence-corrected chi connectivity index (χ3v) is 4.97. The lowest BCUT2D eigenvalue weighted by atomic mass is 9.90. The molecule has 1 aliphatic carbocycles. The largest absolute Gasteiger partial charge is 0.397 e. The van der Waals surface area contributed by atoms with Crippen molar-refractivity contribution in [2.45, 2.75) is 32.7 Å². The molecule has 1 aliphatic heterocycles. The maximum absolute atomic E-state index is 14.6. The summed E-state index contributed by atoms with van der Waals surface area (Å²) in [7, 11) is 0. The van der Waals surface area contributed by atoms with E-state index in [4.69, 9.17) is 17.2 Å². The highest BCUT2D eigenvalue weighted by Crippen LogP contribution is 2.28. The number of hydrogen-bond donors (Lipinski definition) is 5. The van der Waals surface area contributed by atoms with Gasteiger partial charge in [-0.3, -0.25) is 9.79 Å². The number of rotatable bonds is 8. The third-order valence-electron chi connectivity index (χ3n) is 4.97. The molecule has 0 radical (unpaired) electrons. The van der Waals surface area contributed by atoms with Gasteiger partial charge in [0.05, 0.1) is 17.0 Å². The van der Waals surface area contributed by atoms with Crippen LogP contribution >= 0.6 is 0 Å². The molecule has 1 unspecified atom stereocenters. The highest BCUT2D eigenvalue weighted by Gasteiger charge is 2.24. The number of carbonyl (C=O) groups excluding carboxylic acids is 1. The second-order valence-corrected chi connectivity index (χ2v) is 7.90. The van der Waals surface area contributed by atoms with Crippen molar-refractivity contribution in [2.24, 2.45) is 34.0 Å². The number of anilines is 2. The Bertz CT molecular complexity index is 949. The fraction of sp³-hybridized carbons (Fsp3) is 0.381. The van der Waals surface area contributed by atoms with Gasteiger partial charge in [0.1, 0.15) is 5.82 Å². The zero-order chi connectivity index (χ0) is 21.8. The van der Waals surface area contributed by atoms with Gasteiger partial charge in [-0.1, -0.05) is 26.0 Å². The molecular formula is C21H28FN7O. The molecule has 160 valence electrons. The highest BCUT2D eigenvalue weighted by molar-refractivity contribution is 6.04. The van der Waals surface area contributed by atoms with Crippen LogP contribution in [0.5, 0.6) is 0 Å². The van der Waals surface area contributed by atoms with Crippen molar-refractivity contribution in [1.29, 1.82) is 0 Å². The lowest BCUT2D eigenvalue weighted by Gasteiger charge is -2.25. The van der Waals surface area contributed by atoms with Crippen molar-refractivity contribution in [3.63, 3.8) is 0 Å². The molecule has 30 heavy (non-hydrogen) atoms. The first-order chi connectivity index (χ1) is 14.3. The summed E-state index contributed by atoms with van der Waals surface area (Å²) in [4.78, 5) is 20.6. The summed E-state index contributed by atoms with van der Waals surface area (Å²) >= 11 is 0. The number of halogens is 1. The molecule has 8 nitrogen and oxygen atoms in total. The number of nitrogens with one attached hydrogen (secondary N) is 2. The van der Waals surface area contributed by atoms with E-state index in [2.05, 4.69) is 34.5 Å². The number of fused-ring (bicyclic) bond motifs is 1. The quantitative estimate of drug-likeness (QED) is 0.442. The summed E-state index contributed by atoms with van der Waals surface area (Å²) in [6.45, 7) is 4.44. The molecule has 2 atom stereocenters. The topological polar surface area (TPSA) is 144 Å². The molecule has 0 bridgehead atoms. The predicted octanol–water partition coefficient (Wildman–Crippen LogP) is 2.23. The Kier molecular flexibility index (Phi) is 6.51. The molecular weight excluding hydrogens is 385 g/mol. The number of aromatic nitrogens is 1. The first-order valence-electron chi connectivity index (χ1n) is 9.93. The molecule has 1 amide bonds. The zero-order valence-corrected chi connectivity index (χ0v) is 17.2. The molecule has 0 saturated carbocycles. The smallest absolute Gasteiger partial charge is 0.252 e. The van der Waals surface area contributed by atoms with E-state index in [1.807, 2.05) is 12.2 Å². The van der Waals surface area contributed by atoms with Crippen molar-refractivity contribution in [3.05, 3.63) is 53.3 Å². The van der Waals surface area contributed by atoms with E-state index in [9.17, 15) is 9.18 Å². The standard InChI is InChI=1S/C21H28FN7O/c1-11(2)6-13(9-23)27-21-16(22)8-15(19(25)30)20(29-21)28-14-7-12-4-3-5-17(24)18(12)26-10-14/h3-5,8,10-13H,6-7,9,23-24H2,1-2H3,(H2,25,30)(H2,27,28,29)/t12?,13-/m1/s1. The van der Waals surface area contributed by atoms with Crippen LogP contribution in [0, 0.1) is 17.7 Å². The Hall–Kier alpha value is -3.20. The maximum atomic E-state index is 14.6. The molecule has 8 N–H and O–H groups in total. The van der Waals surface area contributed by atoms with Crippen molar-refractivity contribution >= 4 is 23.3 Å². The summed E-state index contributed by atoms with van der Waals surface area (Å²) in [5.41, 5.74) is 19.3. The van der Waals surface area contributed by atoms with Gasteiger partial charge in [0, 0.05) is 36.8 Å². The van der Waals surface area contributed by atoms with E-state index in [0.717, 1.165) is 18.2 Å². The van der Waals surface area contributed by atoms with Crippen LogP contribution in [0.25, 0.3) is 0 Å². The number of allylic oxidation sites excluding steroid dienone is 5. The first kappa shape index (κ1) is 21.5. The summed E-state index contributed by atoms with van der Waals surface area (Å²) < 4.78 is 14.6. The van der Waals surface area contributed by atoms with E-state index in [1.54, 1.807) is 12.3 Å². The Morgan fingerprint density at radius 1 is 1.37 bits per heavy atom. The molecule has 9 heteroatoms. The minimum atomic E-state index is -0.779. The van der Waals surface area contributed by atoms with Crippen LogP contribution in [0.2, 0.25) is 0 Å². The van der Waals surface area contributed by atoms with Crippen LogP contribution in [0.3, 0.4) is 0 Å². The molecule has 3 rings (SSSR count). The van der Waals surface area contributed by atoms with Crippen molar-refractivity contribution in [2.75, 3.05) is 17.2 Å². The summed E-state index contributed by atoms with van der Waals surface area (Å²) in [6.07, 6.45) is 8.66. The molecule has 2 aliphatic rings. The minimum Gasteiger partial charge on any atom is -0.397 e. The average Bonchev–Trinajstić information content (AvgIpc) is 2.69. The molecule has 0 saturated heterocycles. The highest BCUT2D eigenvalue weighted by atomic mass is 19.1. The molecule has 2 heterocycles. The van der Waals surface area contributed by atoms with E-state index >= 15 is 0 Å². The van der Waals surface area contributed by atoms with Crippen LogP contribution in [0.1, 0.15) is 37.0 Å². The van der Waals surface area contributed by atoms with Gasteiger partial charge in [-0.2, -0.15) is 0 Å². The van der Waals surface area contributed by atoms with E-state index in [-0.39, 0.29) is 29.2 Å². The van der Waals surface area contributed by atoms with Crippen LogP contribution in [0.4, 0.5) is 16.0 Å². The fourth-order valence-electron chi connectivity index (χ4n) is 3.54. The number of pyridine rings is 1. The Morgan fingerprint density at radius 2 is 2.13 bits per heavy atom. The predicted molar refractivity (Wildman–Crippen MR) is 117 cm³/mol. The second kappa shape index (κ2) is 9.08. The van der Waals surface area contributed by atoms with Gasteiger partial charge in [-0.05, 0) is 24.5 Å². The number of amides is 1. The number of primary amides is 1. The van der Waals surface area contributed by atoms with Crippen LogP contribution in [-0.4, -0.2) is 29.2 Å². The molecule has 1 aromatic rings. The zero-order valence-electron chi connectivity index (χ0n) is 17.2. The second-order valence-electron chi connectivity index (χ2n) is 7.90. The van der Waals surface area contributed by atoms with Gasteiger partial charge in [0.25, 0.3) is 5.91 Å². The van der Waals surface area contributed by atoms with Gasteiger partial charge in [0.2, 0.25) is 0 Å². The van der Waals surface area contributed by atoms with Gasteiger partial charge in [-0.25, -0.2) is 9.37 Å². The van der Waals surface area contributed by atoms with E-state index < -0.39 is 11.7 Å². The summed E-state index contributed by atoms with van der Waals surface area (Å²) in [6, 6.07) is 0.935. The van der Waals surface area contributed by atoms with Crippen LogP contribution < -0.4 is 27.8 Å². The molecule has 1 aromatic heterocycles. The lowest BCUT2D eigenvalue weighted by molar-refractivity contribution is 0.100. The van der Waals surface area contributed by atoms with Crippen molar-refractivity contribution in [3.8, 4) is 0 Å². The van der Waals surface area contributed by atoms with Gasteiger partial charge in [0.15, 0.2) is 11.6 Å². The molecule has 0 spiro atoms. The Morgan fingerprint density at radius 3 is 2.80 bits per heavy atom.